The van der Waals surface area contributed by atoms with Gasteiger partial charge in [0, 0.05) is 34.6 Å². The van der Waals surface area contributed by atoms with Gasteiger partial charge in [0.1, 0.15) is 12.2 Å². The summed E-state index contributed by atoms with van der Waals surface area (Å²) in [6.07, 6.45) is 3.97. The van der Waals surface area contributed by atoms with Crippen molar-refractivity contribution in [2.75, 3.05) is 6.54 Å². The van der Waals surface area contributed by atoms with E-state index in [9.17, 15) is 9.59 Å². The van der Waals surface area contributed by atoms with E-state index in [2.05, 4.69) is 4.98 Å². The van der Waals surface area contributed by atoms with Crippen LogP contribution in [0.15, 0.2) is 59.8 Å². The molecule has 7 heteroatoms. The molecule has 1 N–H and O–H groups in total. The van der Waals surface area contributed by atoms with Gasteiger partial charge in [-0.3, -0.25) is 9.59 Å². The van der Waals surface area contributed by atoms with Crippen molar-refractivity contribution in [2.24, 2.45) is 0 Å². The first kappa shape index (κ1) is 19.0. The number of aromatic nitrogens is 2. The summed E-state index contributed by atoms with van der Waals surface area (Å²) in [7, 11) is 0. The standard InChI is InChI=1S/C20H21N3O3S/c1-14(2)23(12-19(24)25)20(26)15-6-8-17(9-7-15)27-13-16-11-22-10-4-3-5-18(22)21-16/h3-11,14H,12-13H2,1-2H3,(H,24,25). The minimum Gasteiger partial charge on any atom is -0.480 e. The topological polar surface area (TPSA) is 74.9 Å². The highest BCUT2D eigenvalue weighted by Crippen LogP contribution is 2.23. The summed E-state index contributed by atoms with van der Waals surface area (Å²) >= 11 is 1.64. The van der Waals surface area contributed by atoms with Crippen LogP contribution in [0.4, 0.5) is 0 Å². The van der Waals surface area contributed by atoms with Gasteiger partial charge in [-0.15, -0.1) is 11.8 Å². The van der Waals surface area contributed by atoms with Crippen molar-refractivity contribution in [3.05, 3.63) is 66.1 Å². The lowest BCUT2D eigenvalue weighted by molar-refractivity contribution is -0.138. The summed E-state index contributed by atoms with van der Waals surface area (Å²) in [5, 5.41) is 9.00. The number of benzene rings is 1. The number of imidazole rings is 1. The van der Waals surface area contributed by atoms with Crippen molar-refractivity contribution in [1.29, 1.82) is 0 Å². The Morgan fingerprint density at radius 3 is 2.56 bits per heavy atom. The van der Waals surface area contributed by atoms with Crippen LogP contribution in [0.2, 0.25) is 0 Å². The zero-order valence-electron chi connectivity index (χ0n) is 15.2. The maximum atomic E-state index is 12.6. The van der Waals surface area contributed by atoms with E-state index in [4.69, 9.17) is 5.11 Å². The number of nitrogens with zero attached hydrogens (tertiary/aromatic N) is 3. The molecule has 1 amide bonds. The lowest BCUT2D eigenvalue weighted by atomic mass is 10.1. The van der Waals surface area contributed by atoms with Gasteiger partial charge in [-0.2, -0.15) is 0 Å². The highest BCUT2D eigenvalue weighted by molar-refractivity contribution is 7.98. The predicted molar refractivity (Wildman–Crippen MR) is 105 cm³/mol. The lowest BCUT2D eigenvalue weighted by Gasteiger charge is -2.25. The Kier molecular flexibility index (Phi) is 5.81. The lowest BCUT2D eigenvalue weighted by Crippen LogP contribution is -2.40. The van der Waals surface area contributed by atoms with E-state index in [1.165, 1.54) is 4.90 Å². The number of fused-ring (bicyclic) bond motifs is 1. The molecule has 2 aromatic heterocycles. The molecular formula is C20H21N3O3S. The smallest absolute Gasteiger partial charge is 0.323 e. The van der Waals surface area contributed by atoms with Crippen LogP contribution in [0.3, 0.4) is 0 Å². The number of hydrogen-bond acceptors (Lipinski definition) is 4. The molecule has 0 radical (unpaired) electrons. The molecule has 0 aliphatic rings. The summed E-state index contributed by atoms with van der Waals surface area (Å²) in [6.45, 7) is 3.31. The third-order valence-corrected chi connectivity index (χ3v) is 5.14. The van der Waals surface area contributed by atoms with Crippen LogP contribution in [0, 0.1) is 0 Å². The molecule has 0 bridgehead atoms. The van der Waals surface area contributed by atoms with Gasteiger partial charge in [0.05, 0.1) is 5.69 Å². The van der Waals surface area contributed by atoms with Crippen molar-refractivity contribution < 1.29 is 14.7 Å². The van der Waals surface area contributed by atoms with Gasteiger partial charge in [0.2, 0.25) is 0 Å². The zero-order chi connectivity index (χ0) is 19.4. The average molecular weight is 383 g/mol. The molecular weight excluding hydrogens is 362 g/mol. The number of aliphatic carboxylic acids is 1. The Balaban J connectivity index is 1.65. The summed E-state index contributed by atoms with van der Waals surface area (Å²) < 4.78 is 1.99. The van der Waals surface area contributed by atoms with Crippen LogP contribution in [-0.4, -0.2) is 43.9 Å². The molecule has 0 saturated carbocycles. The van der Waals surface area contributed by atoms with E-state index in [1.807, 2.05) is 47.1 Å². The van der Waals surface area contributed by atoms with E-state index in [-0.39, 0.29) is 18.5 Å². The van der Waals surface area contributed by atoms with E-state index in [1.54, 1.807) is 37.7 Å². The van der Waals surface area contributed by atoms with Gasteiger partial charge in [0.15, 0.2) is 0 Å². The Hall–Kier alpha value is -2.80. The van der Waals surface area contributed by atoms with Gasteiger partial charge in [-0.25, -0.2) is 4.98 Å². The van der Waals surface area contributed by atoms with Crippen LogP contribution in [-0.2, 0) is 10.5 Å². The van der Waals surface area contributed by atoms with Gasteiger partial charge < -0.3 is 14.4 Å². The second-order valence-corrected chi connectivity index (χ2v) is 7.48. The van der Waals surface area contributed by atoms with E-state index >= 15 is 0 Å². The molecule has 0 atom stereocenters. The minimum atomic E-state index is -1.02. The molecule has 0 fully saturated rings. The van der Waals surface area contributed by atoms with Crippen molar-refractivity contribution >= 4 is 29.3 Å². The molecule has 0 spiro atoms. The van der Waals surface area contributed by atoms with Crippen LogP contribution in [0.25, 0.3) is 5.65 Å². The monoisotopic (exact) mass is 383 g/mol. The normalized spacial score (nSPS) is 11.1. The Morgan fingerprint density at radius 1 is 1.19 bits per heavy atom. The van der Waals surface area contributed by atoms with E-state index in [0.717, 1.165) is 22.0 Å². The van der Waals surface area contributed by atoms with Crippen molar-refractivity contribution in [3.63, 3.8) is 0 Å². The average Bonchev–Trinajstić information content (AvgIpc) is 3.07. The fourth-order valence-electron chi connectivity index (χ4n) is 2.71. The first-order valence-electron chi connectivity index (χ1n) is 8.62. The highest BCUT2D eigenvalue weighted by atomic mass is 32.2. The number of thioether (sulfide) groups is 1. The van der Waals surface area contributed by atoms with Gasteiger partial charge in [-0.05, 0) is 50.2 Å². The largest absolute Gasteiger partial charge is 0.480 e. The number of amides is 1. The summed E-state index contributed by atoms with van der Waals surface area (Å²) in [4.78, 5) is 30.5. The SMILES string of the molecule is CC(C)N(CC(=O)O)C(=O)c1ccc(SCc2cn3ccccc3n2)cc1. The summed E-state index contributed by atoms with van der Waals surface area (Å²) in [5.74, 6) is -0.562. The highest BCUT2D eigenvalue weighted by Gasteiger charge is 2.21. The molecule has 3 aromatic rings. The minimum absolute atomic E-state index is 0.183. The van der Waals surface area contributed by atoms with Gasteiger partial charge >= 0.3 is 5.97 Å². The molecule has 1 aromatic carbocycles. The molecule has 27 heavy (non-hydrogen) atoms. The number of carbonyl (C=O) groups is 2. The summed E-state index contributed by atoms with van der Waals surface area (Å²) in [5.41, 5.74) is 2.39. The molecule has 6 nitrogen and oxygen atoms in total. The van der Waals surface area contributed by atoms with Crippen molar-refractivity contribution in [1.82, 2.24) is 14.3 Å². The zero-order valence-corrected chi connectivity index (χ0v) is 16.0. The van der Waals surface area contributed by atoms with Crippen molar-refractivity contribution in [2.45, 2.75) is 30.5 Å². The Bertz CT molecular complexity index is 918. The third-order valence-electron chi connectivity index (χ3n) is 4.09. The number of carbonyl (C=O) groups excluding carboxylic acids is 1. The molecule has 0 saturated heterocycles. The molecule has 2 heterocycles. The number of rotatable bonds is 7. The quantitative estimate of drug-likeness (QED) is 0.632. The Labute approximate surface area is 161 Å². The van der Waals surface area contributed by atoms with Gasteiger partial charge in [0.25, 0.3) is 5.91 Å². The number of hydrogen-bond donors (Lipinski definition) is 1. The Morgan fingerprint density at radius 2 is 1.93 bits per heavy atom. The molecule has 0 unspecified atom stereocenters. The maximum absolute atomic E-state index is 12.6. The second kappa shape index (κ2) is 8.26. The molecule has 0 aliphatic carbocycles. The van der Waals surface area contributed by atoms with Crippen LogP contribution < -0.4 is 0 Å². The molecule has 3 rings (SSSR count). The van der Waals surface area contributed by atoms with E-state index in [0.29, 0.717) is 5.56 Å². The number of carboxylic acid groups (broad SMARTS) is 1. The molecule has 0 aliphatic heterocycles. The van der Waals surface area contributed by atoms with Crippen LogP contribution >= 0.6 is 11.8 Å². The van der Waals surface area contributed by atoms with Gasteiger partial charge in [-0.1, -0.05) is 6.07 Å². The fourth-order valence-corrected chi connectivity index (χ4v) is 3.49. The van der Waals surface area contributed by atoms with E-state index < -0.39 is 5.97 Å². The van der Waals surface area contributed by atoms with Crippen LogP contribution in [0.1, 0.15) is 29.9 Å². The maximum Gasteiger partial charge on any atom is 0.323 e. The second-order valence-electron chi connectivity index (χ2n) is 6.43. The van der Waals surface area contributed by atoms with Crippen molar-refractivity contribution in [3.8, 4) is 0 Å². The first-order chi connectivity index (χ1) is 12.9. The number of carboxylic acids is 1. The summed E-state index contributed by atoms with van der Waals surface area (Å²) in [6, 6.07) is 13.0. The third kappa shape index (κ3) is 4.68. The predicted octanol–water partition coefficient (Wildman–Crippen LogP) is 3.56. The molecule has 140 valence electrons. The fraction of sp³-hybridized carbons (Fsp3) is 0.250. The number of pyridine rings is 1. The first-order valence-corrected chi connectivity index (χ1v) is 9.61. The van der Waals surface area contributed by atoms with Crippen LogP contribution in [0.5, 0.6) is 0 Å².